The Morgan fingerprint density at radius 1 is 0.964 bits per heavy atom. The number of nitro groups is 1. The van der Waals surface area contributed by atoms with E-state index in [9.17, 15) is 14.9 Å². The fourth-order valence-electron chi connectivity index (χ4n) is 3.16. The molecule has 4 rings (SSSR count). The molecule has 28 heavy (non-hydrogen) atoms. The van der Waals surface area contributed by atoms with E-state index < -0.39 is 16.2 Å². The number of pyridine rings is 2. The van der Waals surface area contributed by atoms with Crippen molar-refractivity contribution < 1.29 is 4.92 Å². The topological polar surface area (TPSA) is 90.1 Å². The SMILES string of the molecule is O=c1c([N+](=O)[O-])c(NCc2ccccc2)c2cccnc2n1-c1ccccc1. The normalized spacial score (nSPS) is 10.7. The van der Waals surface area contributed by atoms with Gasteiger partial charge in [0.1, 0.15) is 11.3 Å². The summed E-state index contributed by atoms with van der Waals surface area (Å²) < 4.78 is 1.28. The second-order valence-corrected chi connectivity index (χ2v) is 6.17. The summed E-state index contributed by atoms with van der Waals surface area (Å²) in [7, 11) is 0. The van der Waals surface area contributed by atoms with Gasteiger partial charge in [-0.1, -0.05) is 48.5 Å². The van der Waals surface area contributed by atoms with Crippen LogP contribution in [0.4, 0.5) is 11.4 Å². The van der Waals surface area contributed by atoms with Crippen molar-refractivity contribution >= 4 is 22.4 Å². The molecule has 1 N–H and O–H groups in total. The van der Waals surface area contributed by atoms with Crippen molar-refractivity contribution in [1.29, 1.82) is 0 Å². The van der Waals surface area contributed by atoms with E-state index in [4.69, 9.17) is 0 Å². The van der Waals surface area contributed by atoms with Gasteiger partial charge in [0.15, 0.2) is 0 Å². The van der Waals surface area contributed by atoms with Gasteiger partial charge >= 0.3 is 11.2 Å². The minimum atomic E-state index is -0.724. The van der Waals surface area contributed by atoms with Crippen LogP contribution in [0.2, 0.25) is 0 Å². The summed E-state index contributed by atoms with van der Waals surface area (Å²) in [5.41, 5.74) is 0.780. The Bertz CT molecular complexity index is 1200. The standard InChI is InChI=1S/C21H16N4O3/c26-21-19(25(27)28)18(23-14-15-8-3-1-4-9-15)17-12-7-13-22-20(17)24(21)16-10-5-2-6-11-16/h1-13,23H,14H2. The summed E-state index contributed by atoms with van der Waals surface area (Å²) in [6.45, 7) is 0.348. The van der Waals surface area contributed by atoms with Crippen LogP contribution in [0.5, 0.6) is 0 Å². The first-order valence-electron chi connectivity index (χ1n) is 8.68. The number of rotatable bonds is 5. The van der Waals surface area contributed by atoms with Gasteiger partial charge in [0, 0.05) is 18.1 Å². The maximum atomic E-state index is 13.1. The highest BCUT2D eigenvalue weighted by Gasteiger charge is 2.26. The highest BCUT2D eigenvalue weighted by Crippen LogP contribution is 2.30. The van der Waals surface area contributed by atoms with E-state index in [1.807, 2.05) is 36.4 Å². The van der Waals surface area contributed by atoms with Crippen molar-refractivity contribution in [2.24, 2.45) is 0 Å². The molecule has 0 saturated carbocycles. The zero-order valence-corrected chi connectivity index (χ0v) is 14.8. The highest BCUT2D eigenvalue weighted by atomic mass is 16.6. The van der Waals surface area contributed by atoms with Crippen molar-refractivity contribution in [3.63, 3.8) is 0 Å². The van der Waals surface area contributed by atoms with Crippen LogP contribution in [0, 0.1) is 10.1 Å². The molecule has 2 aromatic carbocycles. The van der Waals surface area contributed by atoms with Crippen LogP contribution in [0.25, 0.3) is 16.7 Å². The molecule has 0 aliphatic heterocycles. The predicted molar refractivity (Wildman–Crippen MR) is 108 cm³/mol. The lowest BCUT2D eigenvalue weighted by Gasteiger charge is -2.14. The van der Waals surface area contributed by atoms with Gasteiger partial charge in [-0.15, -0.1) is 0 Å². The summed E-state index contributed by atoms with van der Waals surface area (Å²) >= 11 is 0. The van der Waals surface area contributed by atoms with Gasteiger partial charge in [-0.25, -0.2) is 4.98 Å². The van der Waals surface area contributed by atoms with Crippen molar-refractivity contribution in [2.75, 3.05) is 5.32 Å². The molecule has 0 amide bonds. The molecule has 0 spiro atoms. The van der Waals surface area contributed by atoms with E-state index in [2.05, 4.69) is 10.3 Å². The summed E-state index contributed by atoms with van der Waals surface area (Å²) in [5, 5.41) is 15.4. The maximum Gasteiger partial charge on any atom is 0.358 e. The van der Waals surface area contributed by atoms with Crippen molar-refractivity contribution in [1.82, 2.24) is 9.55 Å². The number of aromatic nitrogens is 2. The second-order valence-electron chi connectivity index (χ2n) is 6.17. The first-order valence-corrected chi connectivity index (χ1v) is 8.68. The largest absolute Gasteiger partial charge is 0.375 e. The van der Waals surface area contributed by atoms with Crippen molar-refractivity contribution in [3.8, 4) is 5.69 Å². The monoisotopic (exact) mass is 372 g/mol. The third kappa shape index (κ3) is 3.09. The quantitative estimate of drug-likeness (QED) is 0.424. The van der Waals surface area contributed by atoms with Crippen LogP contribution in [-0.4, -0.2) is 14.5 Å². The minimum Gasteiger partial charge on any atom is -0.375 e. The molecule has 0 aliphatic rings. The number of para-hydroxylation sites is 1. The molecule has 7 nitrogen and oxygen atoms in total. The Hall–Kier alpha value is -4.00. The third-order valence-corrected chi connectivity index (χ3v) is 4.42. The number of anilines is 1. The fourth-order valence-corrected chi connectivity index (χ4v) is 3.16. The van der Waals surface area contributed by atoms with E-state index in [0.717, 1.165) is 5.56 Å². The van der Waals surface area contributed by atoms with Gasteiger partial charge in [-0.2, -0.15) is 0 Å². The lowest BCUT2D eigenvalue weighted by Crippen LogP contribution is -2.24. The molecule has 0 saturated heterocycles. The zero-order chi connectivity index (χ0) is 19.5. The summed E-state index contributed by atoms with van der Waals surface area (Å²) in [5.74, 6) is 0. The lowest BCUT2D eigenvalue weighted by molar-refractivity contribution is -0.385. The minimum absolute atomic E-state index is 0.175. The number of nitrogens with one attached hydrogen (secondary N) is 1. The Morgan fingerprint density at radius 3 is 2.32 bits per heavy atom. The average molecular weight is 372 g/mol. The molecule has 138 valence electrons. The van der Waals surface area contributed by atoms with Gasteiger partial charge in [0.25, 0.3) is 0 Å². The smallest absolute Gasteiger partial charge is 0.358 e. The molecule has 7 heteroatoms. The van der Waals surface area contributed by atoms with Crippen molar-refractivity contribution in [2.45, 2.75) is 6.54 Å². The third-order valence-electron chi connectivity index (χ3n) is 4.42. The molecule has 0 unspecified atom stereocenters. The Morgan fingerprint density at radius 2 is 1.64 bits per heavy atom. The molecular formula is C21H16N4O3. The first kappa shape index (κ1) is 17.4. The summed E-state index contributed by atoms with van der Waals surface area (Å²) in [6, 6.07) is 21.7. The van der Waals surface area contributed by atoms with Gasteiger partial charge in [-0.3, -0.25) is 19.5 Å². The number of benzene rings is 2. The van der Waals surface area contributed by atoms with E-state index in [0.29, 0.717) is 23.3 Å². The van der Waals surface area contributed by atoms with Gasteiger partial charge < -0.3 is 5.32 Å². The second kappa shape index (κ2) is 7.32. The molecule has 0 radical (unpaired) electrons. The Kier molecular flexibility index (Phi) is 4.55. The van der Waals surface area contributed by atoms with Crippen LogP contribution >= 0.6 is 0 Å². The van der Waals surface area contributed by atoms with Crippen LogP contribution in [-0.2, 0) is 6.54 Å². The molecule has 0 fully saturated rings. The number of fused-ring (bicyclic) bond motifs is 1. The van der Waals surface area contributed by atoms with E-state index in [-0.39, 0.29) is 5.69 Å². The number of hydrogen-bond donors (Lipinski definition) is 1. The molecule has 2 aromatic heterocycles. The van der Waals surface area contributed by atoms with E-state index >= 15 is 0 Å². The van der Waals surface area contributed by atoms with Crippen LogP contribution < -0.4 is 10.9 Å². The van der Waals surface area contributed by atoms with Gasteiger partial charge in [0.2, 0.25) is 0 Å². The maximum absolute atomic E-state index is 13.1. The molecule has 0 bridgehead atoms. The first-order chi connectivity index (χ1) is 13.7. The van der Waals surface area contributed by atoms with Gasteiger partial charge in [-0.05, 0) is 29.8 Å². The van der Waals surface area contributed by atoms with Crippen LogP contribution in [0.3, 0.4) is 0 Å². The number of nitrogens with zero attached hydrogens (tertiary/aromatic N) is 3. The summed E-state index contributed by atoms with van der Waals surface area (Å²) in [4.78, 5) is 28.6. The fraction of sp³-hybridized carbons (Fsp3) is 0.0476. The molecular weight excluding hydrogens is 356 g/mol. The van der Waals surface area contributed by atoms with E-state index in [1.54, 1.807) is 42.6 Å². The summed E-state index contributed by atoms with van der Waals surface area (Å²) in [6.07, 6.45) is 1.56. The van der Waals surface area contributed by atoms with Gasteiger partial charge in [0.05, 0.1) is 10.6 Å². The highest BCUT2D eigenvalue weighted by molar-refractivity contribution is 5.94. The average Bonchev–Trinajstić information content (AvgIpc) is 2.73. The zero-order valence-electron chi connectivity index (χ0n) is 14.8. The molecule has 4 aromatic rings. The molecule has 0 aliphatic carbocycles. The van der Waals surface area contributed by atoms with Crippen LogP contribution in [0.15, 0.2) is 83.8 Å². The predicted octanol–water partition coefficient (Wildman–Crippen LogP) is 3.91. The van der Waals surface area contributed by atoms with E-state index in [1.165, 1.54) is 4.57 Å². The Labute approximate surface area is 160 Å². The molecule has 2 heterocycles. The van der Waals surface area contributed by atoms with Crippen LogP contribution in [0.1, 0.15) is 5.56 Å². The lowest BCUT2D eigenvalue weighted by atomic mass is 10.1. The molecule has 0 atom stereocenters. The number of hydrogen-bond acceptors (Lipinski definition) is 5. The Balaban J connectivity index is 1.96. The van der Waals surface area contributed by atoms with Crippen molar-refractivity contribution in [3.05, 3.63) is 105 Å².